The highest BCUT2D eigenvalue weighted by atomic mass is 35.5. The summed E-state index contributed by atoms with van der Waals surface area (Å²) in [7, 11) is 0. The SMILES string of the molecule is O=C(O)CCC/C=C/CC1C(OCc2ccc(-c3ccc(Cl)cc3)cc2)CC(OC2CCCCO2)C1N1CCOCC1. The Morgan fingerprint density at radius 3 is 2.40 bits per heavy atom. The molecule has 0 amide bonds. The topological polar surface area (TPSA) is 77.5 Å². The van der Waals surface area contributed by atoms with Crippen LogP contribution >= 0.6 is 11.6 Å². The van der Waals surface area contributed by atoms with Crippen LogP contribution in [0.4, 0.5) is 0 Å². The second-order valence-electron chi connectivity index (χ2n) is 11.6. The molecule has 3 aliphatic rings. The number of carboxylic acid groups (broad SMARTS) is 1. The van der Waals surface area contributed by atoms with E-state index >= 15 is 0 Å². The normalized spacial score (nSPS) is 27.0. The van der Waals surface area contributed by atoms with Crippen molar-refractivity contribution < 1.29 is 28.8 Å². The highest BCUT2D eigenvalue weighted by Crippen LogP contribution is 2.39. The molecule has 0 spiro atoms. The van der Waals surface area contributed by atoms with Gasteiger partial charge in [-0.2, -0.15) is 0 Å². The molecule has 1 saturated carbocycles. The van der Waals surface area contributed by atoms with E-state index in [1.165, 1.54) is 0 Å². The number of ether oxygens (including phenoxy) is 4. The first-order chi connectivity index (χ1) is 20.6. The number of aliphatic carboxylic acids is 1. The number of unbranched alkanes of at least 4 members (excludes halogenated alkanes) is 1. The Labute approximate surface area is 254 Å². The predicted molar refractivity (Wildman–Crippen MR) is 163 cm³/mol. The van der Waals surface area contributed by atoms with Gasteiger partial charge in [-0.3, -0.25) is 9.69 Å². The van der Waals surface area contributed by atoms with Gasteiger partial charge in [0.25, 0.3) is 0 Å². The Morgan fingerprint density at radius 1 is 0.976 bits per heavy atom. The monoisotopic (exact) mass is 597 g/mol. The van der Waals surface area contributed by atoms with Gasteiger partial charge in [0.1, 0.15) is 0 Å². The van der Waals surface area contributed by atoms with E-state index in [4.69, 9.17) is 35.7 Å². The average Bonchev–Trinajstić information content (AvgIpc) is 3.35. The Bertz CT molecular complexity index is 1130. The van der Waals surface area contributed by atoms with Crippen LogP contribution in [0.5, 0.6) is 0 Å². The Kier molecular flexibility index (Phi) is 11.9. The zero-order chi connectivity index (χ0) is 29.1. The van der Waals surface area contributed by atoms with Gasteiger partial charge < -0.3 is 24.1 Å². The van der Waals surface area contributed by atoms with Crippen LogP contribution in [0.2, 0.25) is 5.02 Å². The van der Waals surface area contributed by atoms with Crippen molar-refractivity contribution in [3.05, 3.63) is 71.3 Å². The number of rotatable bonds is 13. The zero-order valence-electron chi connectivity index (χ0n) is 24.4. The van der Waals surface area contributed by atoms with Crippen molar-refractivity contribution in [2.24, 2.45) is 5.92 Å². The van der Waals surface area contributed by atoms with Crippen LogP contribution in [0, 0.1) is 5.92 Å². The van der Waals surface area contributed by atoms with E-state index in [1.54, 1.807) is 0 Å². The van der Waals surface area contributed by atoms with Gasteiger partial charge >= 0.3 is 5.97 Å². The average molecular weight is 598 g/mol. The molecular weight excluding hydrogens is 554 g/mol. The first-order valence-electron chi connectivity index (χ1n) is 15.5. The number of carboxylic acids is 1. The minimum absolute atomic E-state index is 0.0221. The van der Waals surface area contributed by atoms with Crippen molar-refractivity contribution in [1.82, 2.24) is 4.90 Å². The van der Waals surface area contributed by atoms with Gasteiger partial charge in [0.05, 0.1) is 32.0 Å². The van der Waals surface area contributed by atoms with Gasteiger partial charge in [0, 0.05) is 49.5 Å². The maximum absolute atomic E-state index is 10.9. The van der Waals surface area contributed by atoms with Crippen molar-refractivity contribution in [3.63, 3.8) is 0 Å². The van der Waals surface area contributed by atoms with Gasteiger partial charge in [-0.05, 0) is 67.3 Å². The lowest BCUT2D eigenvalue weighted by Gasteiger charge is -2.39. The molecular formula is C34H44ClNO6. The van der Waals surface area contributed by atoms with E-state index in [9.17, 15) is 4.79 Å². The second kappa shape index (κ2) is 16.0. The van der Waals surface area contributed by atoms with Gasteiger partial charge in [0.15, 0.2) is 6.29 Å². The molecule has 2 saturated heterocycles. The molecule has 2 heterocycles. The van der Waals surface area contributed by atoms with E-state index in [1.807, 2.05) is 24.3 Å². The molecule has 5 unspecified atom stereocenters. The van der Waals surface area contributed by atoms with Gasteiger partial charge in [0.2, 0.25) is 0 Å². The first kappa shape index (κ1) is 31.2. The molecule has 228 valence electrons. The lowest BCUT2D eigenvalue weighted by atomic mass is 9.94. The summed E-state index contributed by atoms with van der Waals surface area (Å²) in [5, 5.41) is 9.70. The molecule has 0 aromatic heterocycles. The van der Waals surface area contributed by atoms with Crippen LogP contribution in [0.15, 0.2) is 60.7 Å². The molecule has 5 rings (SSSR count). The summed E-state index contributed by atoms with van der Waals surface area (Å²) in [4.78, 5) is 13.4. The highest BCUT2D eigenvalue weighted by molar-refractivity contribution is 6.30. The van der Waals surface area contributed by atoms with E-state index in [0.717, 1.165) is 93.1 Å². The molecule has 1 aliphatic carbocycles. The largest absolute Gasteiger partial charge is 0.481 e. The number of morpholine rings is 1. The number of allylic oxidation sites excluding steroid dienone is 2. The fourth-order valence-corrected chi connectivity index (χ4v) is 6.56. The molecule has 3 fully saturated rings. The lowest BCUT2D eigenvalue weighted by molar-refractivity contribution is -0.200. The molecule has 42 heavy (non-hydrogen) atoms. The summed E-state index contributed by atoms with van der Waals surface area (Å²) in [5.41, 5.74) is 3.42. The van der Waals surface area contributed by atoms with E-state index < -0.39 is 5.97 Å². The zero-order valence-corrected chi connectivity index (χ0v) is 25.1. The molecule has 2 aromatic rings. The number of hydrogen-bond acceptors (Lipinski definition) is 6. The number of carbonyl (C=O) groups is 1. The van der Waals surface area contributed by atoms with Crippen molar-refractivity contribution in [2.75, 3.05) is 32.9 Å². The molecule has 2 aromatic carbocycles. The van der Waals surface area contributed by atoms with Crippen LogP contribution < -0.4 is 0 Å². The third-order valence-electron chi connectivity index (χ3n) is 8.63. The van der Waals surface area contributed by atoms with Crippen molar-refractivity contribution in [1.29, 1.82) is 0 Å². The molecule has 7 nitrogen and oxygen atoms in total. The quantitative estimate of drug-likeness (QED) is 0.203. The van der Waals surface area contributed by atoms with Crippen LogP contribution in [0.25, 0.3) is 11.1 Å². The van der Waals surface area contributed by atoms with Gasteiger partial charge in [-0.15, -0.1) is 0 Å². The molecule has 2 aliphatic heterocycles. The molecule has 0 bridgehead atoms. The third-order valence-corrected chi connectivity index (χ3v) is 8.88. The molecule has 0 radical (unpaired) electrons. The number of hydrogen-bond donors (Lipinski definition) is 1. The fourth-order valence-electron chi connectivity index (χ4n) is 6.43. The summed E-state index contributed by atoms with van der Waals surface area (Å²) in [6.45, 7) is 4.52. The van der Waals surface area contributed by atoms with Crippen LogP contribution in [0.3, 0.4) is 0 Å². The Hall–Kier alpha value is -2.26. The lowest BCUT2D eigenvalue weighted by Crippen LogP contribution is -2.51. The highest BCUT2D eigenvalue weighted by Gasteiger charge is 2.48. The maximum atomic E-state index is 10.9. The first-order valence-corrected chi connectivity index (χ1v) is 15.9. The van der Waals surface area contributed by atoms with E-state index in [0.29, 0.717) is 13.0 Å². The number of nitrogens with zero attached hydrogens (tertiary/aromatic N) is 1. The smallest absolute Gasteiger partial charge is 0.303 e. The number of benzene rings is 2. The summed E-state index contributed by atoms with van der Waals surface area (Å²) in [5.74, 6) is -0.494. The van der Waals surface area contributed by atoms with Crippen LogP contribution in [-0.4, -0.2) is 73.4 Å². The standard InChI is InChI=1S/C34H44ClNO6/c35-28-16-14-27(15-17-28)26-12-10-25(11-13-26)24-41-30-23-31(42-33-9-5-6-20-40-33)34(36-18-21-39-22-19-36)29(30)7-3-1-2-4-8-32(37)38/h1,3,10-17,29-31,33-34H,2,4-9,18-24H2,(H,37,38)/b3-1+. The second-order valence-corrected chi connectivity index (χ2v) is 12.0. The van der Waals surface area contributed by atoms with Gasteiger partial charge in [-0.1, -0.05) is 60.2 Å². The fraction of sp³-hybridized carbons (Fsp3) is 0.559. The Balaban J connectivity index is 1.28. The summed E-state index contributed by atoms with van der Waals surface area (Å²) in [6, 6.07) is 16.7. The minimum atomic E-state index is -0.744. The third kappa shape index (κ3) is 8.88. The van der Waals surface area contributed by atoms with Crippen molar-refractivity contribution in [3.8, 4) is 11.1 Å². The Morgan fingerprint density at radius 2 is 1.71 bits per heavy atom. The summed E-state index contributed by atoms with van der Waals surface area (Å²) < 4.78 is 25.1. The van der Waals surface area contributed by atoms with Crippen LogP contribution in [0.1, 0.15) is 56.9 Å². The molecule has 1 N–H and O–H groups in total. The maximum Gasteiger partial charge on any atom is 0.303 e. The minimum Gasteiger partial charge on any atom is -0.481 e. The summed E-state index contributed by atoms with van der Waals surface area (Å²) >= 11 is 6.06. The van der Waals surface area contributed by atoms with Crippen molar-refractivity contribution >= 4 is 17.6 Å². The number of halogens is 1. The summed E-state index contributed by atoms with van der Waals surface area (Å²) in [6.07, 6.45) is 10.7. The van der Waals surface area contributed by atoms with Gasteiger partial charge in [-0.25, -0.2) is 0 Å². The molecule has 5 atom stereocenters. The predicted octanol–water partition coefficient (Wildman–Crippen LogP) is 6.73. The van der Waals surface area contributed by atoms with Crippen molar-refractivity contribution in [2.45, 2.75) is 82.5 Å². The molecule has 8 heteroatoms. The van der Waals surface area contributed by atoms with E-state index in [-0.39, 0.29) is 36.9 Å². The van der Waals surface area contributed by atoms with Crippen LogP contribution in [-0.2, 0) is 30.3 Å². The van der Waals surface area contributed by atoms with E-state index in [2.05, 4.69) is 41.3 Å².